The molecule has 0 aliphatic heterocycles. The lowest BCUT2D eigenvalue weighted by molar-refractivity contribution is -0.145. The van der Waals surface area contributed by atoms with Gasteiger partial charge in [0.1, 0.15) is 6.10 Å². The van der Waals surface area contributed by atoms with Gasteiger partial charge in [-0.15, -0.1) is 0 Å². The van der Waals surface area contributed by atoms with E-state index in [1.165, 1.54) is 4.90 Å². The van der Waals surface area contributed by atoms with Gasteiger partial charge in [-0.2, -0.15) is 0 Å². The number of benzene rings is 2. The zero-order valence-electron chi connectivity index (χ0n) is 12.6. The van der Waals surface area contributed by atoms with Crippen molar-refractivity contribution in [3.05, 3.63) is 71.8 Å². The smallest absolute Gasteiger partial charge is 0.254 e. The summed E-state index contributed by atoms with van der Waals surface area (Å²) in [6, 6.07) is 18.5. The molecule has 0 bridgehead atoms. The van der Waals surface area contributed by atoms with Crippen molar-refractivity contribution < 1.29 is 15.0 Å². The van der Waals surface area contributed by atoms with Gasteiger partial charge < -0.3 is 15.1 Å². The number of hydrogen-bond acceptors (Lipinski definition) is 3. The van der Waals surface area contributed by atoms with Crippen LogP contribution < -0.4 is 0 Å². The predicted molar refractivity (Wildman–Crippen MR) is 85.2 cm³/mol. The van der Waals surface area contributed by atoms with Crippen LogP contribution in [0.4, 0.5) is 0 Å². The van der Waals surface area contributed by atoms with Gasteiger partial charge in [0.2, 0.25) is 0 Å². The van der Waals surface area contributed by atoms with Gasteiger partial charge >= 0.3 is 0 Å². The van der Waals surface area contributed by atoms with E-state index in [0.29, 0.717) is 18.5 Å². The highest BCUT2D eigenvalue weighted by Gasteiger charge is 2.27. The van der Waals surface area contributed by atoms with Crippen molar-refractivity contribution in [3.63, 3.8) is 0 Å². The summed E-state index contributed by atoms with van der Waals surface area (Å²) < 4.78 is 0. The van der Waals surface area contributed by atoms with E-state index >= 15 is 0 Å². The highest BCUT2D eigenvalue weighted by atomic mass is 16.3. The first-order chi connectivity index (χ1) is 10.6. The predicted octanol–water partition coefficient (Wildman–Crippen LogP) is 1.78. The minimum atomic E-state index is -1.46. The van der Waals surface area contributed by atoms with Crippen LogP contribution in [0, 0.1) is 0 Å². The largest absolute Gasteiger partial charge is 0.385 e. The average Bonchev–Trinajstić information content (AvgIpc) is 2.59. The number of carbonyl (C=O) groups is 1. The second-order valence-electron chi connectivity index (χ2n) is 5.30. The molecule has 0 heterocycles. The van der Waals surface area contributed by atoms with Crippen molar-refractivity contribution in [3.8, 4) is 0 Å². The summed E-state index contributed by atoms with van der Waals surface area (Å²) in [6.45, 7) is 0.488. The Bertz CT molecular complexity index is 586. The van der Waals surface area contributed by atoms with E-state index in [2.05, 4.69) is 0 Å². The first-order valence-electron chi connectivity index (χ1n) is 7.29. The van der Waals surface area contributed by atoms with E-state index < -0.39 is 18.1 Å². The van der Waals surface area contributed by atoms with Crippen molar-refractivity contribution >= 4 is 5.91 Å². The Labute approximate surface area is 130 Å². The van der Waals surface area contributed by atoms with Gasteiger partial charge in [0.25, 0.3) is 5.91 Å². The maximum atomic E-state index is 12.2. The molecular formula is C18H21NO3. The number of amides is 1. The third-order valence-electron chi connectivity index (χ3n) is 3.65. The summed E-state index contributed by atoms with van der Waals surface area (Å²) in [7, 11) is 1.63. The molecule has 2 aromatic rings. The van der Waals surface area contributed by atoms with Crippen LogP contribution >= 0.6 is 0 Å². The van der Waals surface area contributed by atoms with Crippen LogP contribution in [0.1, 0.15) is 17.2 Å². The number of hydrogen-bond donors (Lipinski definition) is 2. The van der Waals surface area contributed by atoms with Gasteiger partial charge in [-0.3, -0.25) is 4.79 Å². The first-order valence-corrected chi connectivity index (χ1v) is 7.29. The van der Waals surface area contributed by atoms with E-state index in [1.54, 1.807) is 31.3 Å². The van der Waals surface area contributed by atoms with E-state index in [-0.39, 0.29) is 0 Å². The summed E-state index contributed by atoms with van der Waals surface area (Å²) in [5.41, 5.74) is 1.65. The maximum Gasteiger partial charge on any atom is 0.254 e. The maximum absolute atomic E-state index is 12.2. The van der Waals surface area contributed by atoms with E-state index in [4.69, 9.17) is 0 Å². The van der Waals surface area contributed by atoms with Gasteiger partial charge in [-0.1, -0.05) is 60.7 Å². The molecule has 0 aliphatic rings. The van der Waals surface area contributed by atoms with Crippen molar-refractivity contribution in [1.82, 2.24) is 4.90 Å². The Morgan fingerprint density at radius 2 is 1.55 bits per heavy atom. The quantitative estimate of drug-likeness (QED) is 0.855. The Morgan fingerprint density at radius 3 is 2.14 bits per heavy atom. The van der Waals surface area contributed by atoms with Crippen LogP contribution in [-0.2, 0) is 11.2 Å². The number of nitrogens with zero attached hydrogens (tertiary/aromatic N) is 1. The summed E-state index contributed by atoms with van der Waals surface area (Å²) in [5, 5.41) is 20.2. The molecule has 0 saturated carbocycles. The van der Waals surface area contributed by atoms with E-state index in [9.17, 15) is 15.0 Å². The Kier molecular flexibility index (Phi) is 5.69. The number of aliphatic hydroxyl groups excluding tert-OH is 2. The molecule has 4 heteroatoms. The minimum absolute atomic E-state index is 0.479. The Hall–Kier alpha value is -2.17. The lowest BCUT2D eigenvalue weighted by Gasteiger charge is -2.24. The van der Waals surface area contributed by atoms with Gasteiger partial charge in [-0.05, 0) is 17.5 Å². The first kappa shape index (κ1) is 16.2. The fourth-order valence-corrected chi connectivity index (χ4v) is 2.25. The molecule has 2 N–H and O–H groups in total. The minimum Gasteiger partial charge on any atom is -0.385 e. The molecule has 0 saturated heterocycles. The molecule has 0 spiro atoms. The summed E-state index contributed by atoms with van der Waals surface area (Å²) in [5.74, 6) is -0.479. The Balaban J connectivity index is 1.92. The fourth-order valence-electron chi connectivity index (χ4n) is 2.25. The molecule has 2 aromatic carbocycles. The molecule has 2 atom stereocenters. The fraction of sp³-hybridized carbons (Fsp3) is 0.278. The molecule has 0 aromatic heterocycles. The van der Waals surface area contributed by atoms with Crippen LogP contribution in [-0.4, -0.2) is 40.7 Å². The van der Waals surface area contributed by atoms with Gasteiger partial charge in [0.15, 0.2) is 6.10 Å². The third kappa shape index (κ3) is 4.16. The van der Waals surface area contributed by atoms with Crippen molar-refractivity contribution in [2.45, 2.75) is 18.6 Å². The molecular weight excluding hydrogens is 278 g/mol. The number of carbonyl (C=O) groups excluding carboxylic acids is 1. The molecule has 1 amide bonds. The van der Waals surface area contributed by atoms with Gasteiger partial charge in [0, 0.05) is 13.6 Å². The van der Waals surface area contributed by atoms with E-state index in [1.807, 2.05) is 36.4 Å². The molecule has 0 aliphatic carbocycles. The van der Waals surface area contributed by atoms with Crippen LogP contribution in [0.5, 0.6) is 0 Å². The number of likely N-dealkylation sites (N-methyl/N-ethyl adjacent to an activating group) is 1. The standard InChI is InChI=1S/C18H21NO3/c1-19(13-12-14-8-4-2-5-9-14)18(22)17(21)16(20)15-10-6-3-7-11-15/h2-11,16-17,20-21H,12-13H2,1H3/t16-,17-/m1/s1. The topological polar surface area (TPSA) is 60.8 Å². The average molecular weight is 299 g/mol. The van der Waals surface area contributed by atoms with Crippen LogP contribution in [0.2, 0.25) is 0 Å². The number of rotatable bonds is 6. The summed E-state index contributed by atoms with van der Waals surface area (Å²) in [6.07, 6.45) is -1.96. The normalized spacial score (nSPS) is 13.4. The second-order valence-corrected chi connectivity index (χ2v) is 5.30. The molecule has 0 unspecified atom stereocenters. The van der Waals surface area contributed by atoms with Crippen molar-refractivity contribution in [2.75, 3.05) is 13.6 Å². The molecule has 22 heavy (non-hydrogen) atoms. The lowest BCUT2D eigenvalue weighted by atomic mass is 10.0. The molecule has 2 rings (SSSR count). The summed E-state index contributed by atoms with van der Waals surface area (Å²) in [4.78, 5) is 13.6. The van der Waals surface area contributed by atoms with Crippen LogP contribution in [0.15, 0.2) is 60.7 Å². The second kappa shape index (κ2) is 7.73. The molecule has 116 valence electrons. The van der Waals surface area contributed by atoms with E-state index in [0.717, 1.165) is 5.56 Å². The summed E-state index contributed by atoms with van der Waals surface area (Å²) >= 11 is 0. The molecule has 4 nitrogen and oxygen atoms in total. The van der Waals surface area contributed by atoms with Gasteiger partial charge in [-0.25, -0.2) is 0 Å². The zero-order valence-corrected chi connectivity index (χ0v) is 12.6. The SMILES string of the molecule is CN(CCc1ccccc1)C(=O)[C@H](O)[C@H](O)c1ccccc1. The highest BCUT2D eigenvalue weighted by Crippen LogP contribution is 2.17. The number of aliphatic hydroxyl groups is 2. The van der Waals surface area contributed by atoms with Crippen molar-refractivity contribution in [2.24, 2.45) is 0 Å². The van der Waals surface area contributed by atoms with Gasteiger partial charge in [0.05, 0.1) is 0 Å². The molecule has 0 fully saturated rings. The monoisotopic (exact) mass is 299 g/mol. The molecule has 0 radical (unpaired) electrons. The van der Waals surface area contributed by atoms with Crippen LogP contribution in [0.3, 0.4) is 0 Å². The van der Waals surface area contributed by atoms with Crippen molar-refractivity contribution in [1.29, 1.82) is 0 Å². The third-order valence-corrected chi connectivity index (χ3v) is 3.65. The van der Waals surface area contributed by atoms with Crippen LogP contribution in [0.25, 0.3) is 0 Å². The highest BCUT2D eigenvalue weighted by molar-refractivity contribution is 5.81. The zero-order chi connectivity index (χ0) is 15.9. The Morgan fingerprint density at radius 1 is 1.00 bits per heavy atom. The lowest BCUT2D eigenvalue weighted by Crippen LogP contribution is -2.40.